The standard InChI is InChI=1S/C10H15N3O3S/c1-17(15,16)7-5-8(11)10(14)13-9-4-2-3-6-12-9/h2-4,6,8H,5,7,11H2,1H3,(H,12,13,14)/t8-/m0/s1. The monoisotopic (exact) mass is 257 g/mol. The molecule has 0 aliphatic rings. The molecule has 0 aromatic carbocycles. The third-order valence-electron chi connectivity index (χ3n) is 2.05. The van der Waals surface area contributed by atoms with Crippen molar-refractivity contribution in [2.75, 3.05) is 17.3 Å². The number of hydrogen-bond acceptors (Lipinski definition) is 5. The summed E-state index contributed by atoms with van der Waals surface area (Å²) >= 11 is 0. The summed E-state index contributed by atoms with van der Waals surface area (Å²) in [5.41, 5.74) is 5.57. The molecule has 0 spiro atoms. The number of amides is 1. The third kappa shape index (κ3) is 5.41. The predicted octanol–water partition coefficient (Wildman–Crippen LogP) is -0.218. The van der Waals surface area contributed by atoms with Crippen molar-refractivity contribution in [2.24, 2.45) is 5.73 Å². The summed E-state index contributed by atoms with van der Waals surface area (Å²) in [4.78, 5) is 15.5. The van der Waals surface area contributed by atoms with Crippen molar-refractivity contribution >= 4 is 21.6 Å². The molecule has 6 nitrogen and oxygen atoms in total. The molecule has 1 atom stereocenters. The Kier molecular flexibility index (Phi) is 4.59. The van der Waals surface area contributed by atoms with E-state index in [1.165, 1.54) is 6.20 Å². The number of hydrogen-bond donors (Lipinski definition) is 2. The molecule has 1 aromatic heterocycles. The zero-order valence-electron chi connectivity index (χ0n) is 9.46. The van der Waals surface area contributed by atoms with Crippen molar-refractivity contribution in [3.05, 3.63) is 24.4 Å². The molecule has 94 valence electrons. The van der Waals surface area contributed by atoms with Crippen molar-refractivity contribution in [3.8, 4) is 0 Å². The molecule has 0 radical (unpaired) electrons. The first-order chi connectivity index (χ1) is 7.88. The first-order valence-electron chi connectivity index (χ1n) is 5.04. The third-order valence-corrected chi connectivity index (χ3v) is 3.03. The number of anilines is 1. The molecular weight excluding hydrogens is 242 g/mol. The van der Waals surface area contributed by atoms with E-state index in [1.807, 2.05) is 0 Å². The molecule has 17 heavy (non-hydrogen) atoms. The molecule has 7 heteroatoms. The lowest BCUT2D eigenvalue weighted by molar-refractivity contribution is -0.117. The minimum absolute atomic E-state index is 0.0947. The highest BCUT2D eigenvalue weighted by molar-refractivity contribution is 7.90. The summed E-state index contributed by atoms with van der Waals surface area (Å²) < 4.78 is 21.8. The second-order valence-corrected chi connectivity index (χ2v) is 5.99. The minimum atomic E-state index is -3.10. The topological polar surface area (TPSA) is 102 Å². The number of nitrogens with zero attached hydrogens (tertiary/aromatic N) is 1. The summed E-state index contributed by atoms with van der Waals surface area (Å²) in [5.74, 6) is -0.149. The SMILES string of the molecule is CS(=O)(=O)CC[C@H](N)C(=O)Nc1ccccn1. The van der Waals surface area contributed by atoms with Gasteiger partial charge < -0.3 is 11.1 Å². The second kappa shape index (κ2) is 5.74. The Morgan fingerprint density at radius 1 is 1.53 bits per heavy atom. The lowest BCUT2D eigenvalue weighted by Gasteiger charge is -2.10. The van der Waals surface area contributed by atoms with Gasteiger partial charge >= 0.3 is 0 Å². The number of pyridine rings is 1. The van der Waals surface area contributed by atoms with Gasteiger partial charge in [0, 0.05) is 12.5 Å². The Labute approximate surface area is 100 Å². The lowest BCUT2D eigenvalue weighted by atomic mass is 10.2. The smallest absolute Gasteiger partial charge is 0.242 e. The summed E-state index contributed by atoms with van der Waals surface area (Å²) in [7, 11) is -3.10. The number of rotatable bonds is 5. The summed E-state index contributed by atoms with van der Waals surface area (Å²) in [6, 6.07) is 4.22. The zero-order chi connectivity index (χ0) is 12.9. The van der Waals surface area contributed by atoms with E-state index in [1.54, 1.807) is 18.2 Å². The highest BCUT2D eigenvalue weighted by atomic mass is 32.2. The van der Waals surface area contributed by atoms with Gasteiger partial charge in [0.2, 0.25) is 5.91 Å². The van der Waals surface area contributed by atoms with Crippen LogP contribution in [0.25, 0.3) is 0 Å². The van der Waals surface area contributed by atoms with Gasteiger partial charge in [-0.1, -0.05) is 6.07 Å². The van der Waals surface area contributed by atoms with Gasteiger partial charge in [0.25, 0.3) is 0 Å². The van der Waals surface area contributed by atoms with E-state index in [9.17, 15) is 13.2 Å². The number of aromatic nitrogens is 1. The van der Waals surface area contributed by atoms with Crippen molar-refractivity contribution in [3.63, 3.8) is 0 Å². The van der Waals surface area contributed by atoms with Gasteiger partial charge in [-0.2, -0.15) is 0 Å². The van der Waals surface area contributed by atoms with Crippen LogP contribution in [0.2, 0.25) is 0 Å². The van der Waals surface area contributed by atoms with Gasteiger partial charge in [-0.25, -0.2) is 13.4 Å². The van der Waals surface area contributed by atoms with Gasteiger partial charge in [0.15, 0.2) is 0 Å². The summed E-state index contributed by atoms with van der Waals surface area (Å²) in [5, 5.41) is 2.51. The quantitative estimate of drug-likeness (QED) is 0.759. The zero-order valence-corrected chi connectivity index (χ0v) is 10.3. The Bertz CT molecular complexity index is 473. The van der Waals surface area contributed by atoms with E-state index in [4.69, 9.17) is 5.73 Å². The van der Waals surface area contributed by atoms with E-state index in [0.29, 0.717) is 5.82 Å². The molecule has 1 rings (SSSR count). The molecule has 3 N–H and O–H groups in total. The number of carbonyl (C=O) groups excluding carboxylic acids is 1. The molecule has 1 heterocycles. The lowest BCUT2D eigenvalue weighted by Crippen LogP contribution is -2.37. The first-order valence-corrected chi connectivity index (χ1v) is 7.10. The fourth-order valence-corrected chi connectivity index (χ4v) is 1.81. The number of carbonyl (C=O) groups is 1. The van der Waals surface area contributed by atoms with Gasteiger partial charge in [-0.05, 0) is 18.6 Å². The molecule has 1 aromatic rings. The highest BCUT2D eigenvalue weighted by Crippen LogP contribution is 2.02. The van der Waals surface area contributed by atoms with E-state index in [2.05, 4.69) is 10.3 Å². The van der Waals surface area contributed by atoms with Crippen LogP contribution in [0, 0.1) is 0 Å². The van der Waals surface area contributed by atoms with Crippen LogP contribution in [0.1, 0.15) is 6.42 Å². The summed E-state index contributed by atoms with van der Waals surface area (Å²) in [6.07, 6.45) is 2.74. The van der Waals surface area contributed by atoms with Gasteiger partial charge in [-0.15, -0.1) is 0 Å². The molecule has 0 saturated carbocycles. The van der Waals surface area contributed by atoms with Crippen LogP contribution in [0.5, 0.6) is 0 Å². The Hall–Kier alpha value is -1.47. The molecule has 1 amide bonds. The van der Waals surface area contributed by atoms with Crippen LogP contribution < -0.4 is 11.1 Å². The molecular formula is C10H15N3O3S. The van der Waals surface area contributed by atoms with Crippen LogP contribution in [0.15, 0.2) is 24.4 Å². The number of nitrogens with two attached hydrogens (primary N) is 1. The summed E-state index contributed by atoms with van der Waals surface area (Å²) in [6.45, 7) is 0. The largest absolute Gasteiger partial charge is 0.320 e. The minimum Gasteiger partial charge on any atom is -0.320 e. The van der Waals surface area contributed by atoms with E-state index < -0.39 is 21.8 Å². The molecule has 0 fully saturated rings. The molecule has 0 unspecified atom stereocenters. The average molecular weight is 257 g/mol. The Morgan fingerprint density at radius 3 is 2.76 bits per heavy atom. The van der Waals surface area contributed by atoms with Crippen LogP contribution in [0.4, 0.5) is 5.82 Å². The van der Waals surface area contributed by atoms with Crippen molar-refractivity contribution in [1.82, 2.24) is 4.98 Å². The van der Waals surface area contributed by atoms with Crippen LogP contribution in [0.3, 0.4) is 0 Å². The number of sulfone groups is 1. The van der Waals surface area contributed by atoms with Gasteiger partial charge in [0.05, 0.1) is 11.8 Å². The maximum atomic E-state index is 11.6. The maximum absolute atomic E-state index is 11.6. The van der Waals surface area contributed by atoms with Crippen LogP contribution in [-0.2, 0) is 14.6 Å². The maximum Gasteiger partial charge on any atom is 0.242 e. The van der Waals surface area contributed by atoms with Gasteiger partial charge in [0.1, 0.15) is 15.7 Å². The number of nitrogens with one attached hydrogen (secondary N) is 1. The van der Waals surface area contributed by atoms with Crippen LogP contribution >= 0.6 is 0 Å². The first kappa shape index (κ1) is 13.6. The van der Waals surface area contributed by atoms with Gasteiger partial charge in [-0.3, -0.25) is 4.79 Å². The highest BCUT2D eigenvalue weighted by Gasteiger charge is 2.16. The van der Waals surface area contributed by atoms with Crippen molar-refractivity contribution in [2.45, 2.75) is 12.5 Å². The Balaban J connectivity index is 2.48. The molecule has 0 aliphatic carbocycles. The fraction of sp³-hybridized carbons (Fsp3) is 0.400. The van der Waals surface area contributed by atoms with E-state index >= 15 is 0 Å². The van der Waals surface area contributed by atoms with Crippen molar-refractivity contribution in [1.29, 1.82) is 0 Å². The van der Waals surface area contributed by atoms with Crippen molar-refractivity contribution < 1.29 is 13.2 Å². The Morgan fingerprint density at radius 2 is 2.24 bits per heavy atom. The second-order valence-electron chi connectivity index (χ2n) is 3.73. The molecule has 0 bridgehead atoms. The molecule has 0 aliphatic heterocycles. The fourth-order valence-electron chi connectivity index (χ4n) is 1.13. The molecule has 0 saturated heterocycles. The van der Waals surface area contributed by atoms with E-state index in [-0.39, 0.29) is 12.2 Å². The van der Waals surface area contributed by atoms with E-state index in [0.717, 1.165) is 6.26 Å². The van der Waals surface area contributed by atoms with Crippen LogP contribution in [-0.4, -0.2) is 37.4 Å². The average Bonchev–Trinajstić information content (AvgIpc) is 2.26. The normalized spacial score (nSPS) is 13.1. The predicted molar refractivity (Wildman–Crippen MR) is 65.2 cm³/mol.